The van der Waals surface area contributed by atoms with Crippen LogP contribution in [0.2, 0.25) is 0 Å². The molecule has 3 heteroatoms. The van der Waals surface area contributed by atoms with Crippen LogP contribution in [0.3, 0.4) is 0 Å². The van der Waals surface area contributed by atoms with Crippen LogP contribution in [0.4, 0.5) is 0 Å². The smallest absolute Gasteiger partial charge is 0.0169 e. The van der Waals surface area contributed by atoms with E-state index in [2.05, 4.69) is 17.1 Å². The SMILES string of the molecule is CC(CN1CCCC1)NC1CCC(N)CC1. The van der Waals surface area contributed by atoms with Gasteiger partial charge in [0, 0.05) is 24.7 Å². The molecule has 1 aliphatic heterocycles. The fourth-order valence-corrected chi connectivity index (χ4v) is 3.09. The van der Waals surface area contributed by atoms with Gasteiger partial charge in [0.1, 0.15) is 0 Å². The molecule has 0 aromatic heterocycles. The molecule has 16 heavy (non-hydrogen) atoms. The van der Waals surface area contributed by atoms with E-state index in [0.29, 0.717) is 12.1 Å². The number of nitrogens with zero attached hydrogens (tertiary/aromatic N) is 1. The highest BCUT2D eigenvalue weighted by molar-refractivity contribution is 4.82. The van der Waals surface area contributed by atoms with Crippen LogP contribution >= 0.6 is 0 Å². The summed E-state index contributed by atoms with van der Waals surface area (Å²) in [6.45, 7) is 6.17. The number of rotatable bonds is 4. The molecule has 0 aromatic carbocycles. The first-order valence-electron chi connectivity index (χ1n) is 6.98. The minimum atomic E-state index is 0.465. The molecule has 2 rings (SSSR count). The van der Waals surface area contributed by atoms with E-state index in [0.717, 1.165) is 6.04 Å². The van der Waals surface area contributed by atoms with Gasteiger partial charge in [-0.25, -0.2) is 0 Å². The Morgan fingerprint density at radius 1 is 1.19 bits per heavy atom. The topological polar surface area (TPSA) is 41.3 Å². The monoisotopic (exact) mass is 225 g/mol. The molecule has 2 aliphatic rings. The summed E-state index contributed by atoms with van der Waals surface area (Å²) in [6.07, 6.45) is 7.73. The molecule has 0 radical (unpaired) electrons. The Labute approximate surface area is 99.8 Å². The Balaban J connectivity index is 1.64. The third-order valence-corrected chi connectivity index (χ3v) is 4.02. The first kappa shape index (κ1) is 12.3. The number of hydrogen-bond donors (Lipinski definition) is 2. The van der Waals surface area contributed by atoms with Crippen molar-refractivity contribution in [2.75, 3.05) is 19.6 Å². The van der Waals surface area contributed by atoms with Gasteiger partial charge < -0.3 is 16.0 Å². The molecule has 3 nitrogen and oxygen atoms in total. The Morgan fingerprint density at radius 3 is 2.44 bits per heavy atom. The second-order valence-corrected chi connectivity index (χ2v) is 5.69. The molecule has 1 aliphatic carbocycles. The van der Waals surface area contributed by atoms with Crippen molar-refractivity contribution in [3.05, 3.63) is 0 Å². The fourth-order valence-electron chi connectivity index (χ4n) is 3.09. The highest BCUT2D eigenvalue weighted by Crippen LogP contribution is 2.17. The first-order valence-corrected chi connectivity index (χ1v) is 6.98. The van der Waals surface area contributed by atoms with Gasteiger partial charge >= 0.3 is 0 Å². The van der Waals surface area contributed by atoms with E-state index < -0.39 is 0 Å². The van der Waals surface area contributed by atoms with Gasteiger partial charge in [-0.05, 0) is 58.5 Å². The van der Waals surface area contributed by atoms with Gasteiger partial charge in [-0.15, -0.1) is 0 Å². The minimum Gasteiger partial charge on any atom is -0.328 e. The summed E-state index contributed by atoms with van der Waals surface area (Å²) in [5, 5.41) is 3.77. The maximum absolute atomic E-state index is 5.92. The van der Waals surface area contributed by atoms with Crippen LogP contribution in [0.1, 0.15) is 45.4 Å². The zero-order chi connectivity index (χ0) is 11.4. The second-order valence-electron chi connectivity index (χ2n) is 5.69. The highest BCUT2D eigenvalue weighted by atomic mass is 15.2. The molecule has 94 valence electrons. The predicted octanol–water partition coefficient (Wildman–Crippen LogP) is 1.33. The summed E-state index contributed by atoms with van der Waals surface area (Å²) in [4.78, 5) is 2.59. The van der Waals surface area contributed by atoms with Crippen molar-refractivity contribution in [1.29, 1.82) is 0 Å². The lowest BCUT2D eigenvalue weighted by Gasteiger charge is -2.31. The molecule has 1 saturated carbocycles. The molecule has 0 aromatic rings. The normalized spacial score (nSPS) is 34.1. The maximum atomic E-state index is 5.92. The van der Waals surface area contributed by atoms with Crippen LogP contribution < -0.4 is 11.1 Å². The van der Waals surface area contributed by atoms with Crippen molar-refractivity contribution < 1.29 is 0 Å². The largest absolute Gasteiger partial charge is 0.328 e. The van der Waals surface area contributed by atoms with Gasteiger partial charge in [0.15, 0.2) is 0 Å². The first-order chi connectivity index (χ1) is 7.74. The minimum absolute atomic E-state index is 0.465. The average Bonchev–Trinajstić information content (AvgIpc) is 2.74. The van der Waals surface area contributed by atoms with Gasteiger partial charge in [-0.2, -0.15) is 0 Å². The predicted molar refractivity (Wildman–Crippen MR) is 68.5 cm³/mol. The zero-order valence-electron chi connectivity index (χ0n) is 10.6. The lowest BCUT2D eigenvalue weighted by Crippen LogP contribution is -2.45. The standard InChI is InChI=1S/C13H27N3/c1-11(10-16-8-2-3-9-16)15-13-6-4-12(14)5-7-13/h11-13,15H,2-10,14H2,1H3. The lowest BCUT2D eigenvalue weighted by atomic mass is 9.91. The summed E-state index contributed by atoms with van der Waals surface area (Å²) in [5.74, 6) is 0. The molecule has 2 fully saturated rings. The van der Waals surface area contributed by atoms with Crippen LogP contribution in [-0.4, -0.2) is 42.7 Å². The van der Waals surface area contributed by atoms with Crippen LogP contribution in [0, 0.1) is 0 Å². The molecule has 0 bridgehead atoms. The Bertz CT molecular complexity index is 193. The van der Waals surface area contributed by atoms with Crippen molar-refractivity contribution in [1.82, 2.24) is 10.2 Å². The third-order valence-electron chi connectivity index (χ3n) is 4.02. The van der Waals surface area contributed by atoms with E-state index in [4.69, 9.17) is 5.73 Å². The van der Waals surface area contributed by atoms with E-state index in [1.807, 2.05) is 0 Å². The quantitative estimate of drug-likeness (QED) is 0.758. The van der Waals surface area contributed by atoms with Crippen molar-refractivity contribution in [3.63, 3.8) is 0 Å². The number of hydrogen-bond acceptors (Lipinski definition) is 3. The van der Waals surface area contributed by atoms with Crippen LogP contribution in [-0.2, 0) is 0 Å². The number of nitrogens with two attached hydrogens (primary N) is 1. The fraction of sp³-hybridized carbons (Fsp3) is 1.00. The van der Waals surface area contributed by atoms with Crippen molar-refractivity contribution in [2.45, 2.75) is 63.6 Å². The van der Waals surface area contributed by atoms with E-state index in [1.54, 1.807) is 0 Å². The Morgan fingerprint density at radius 2 is 1.81 bits per heavy atom. The van der Waals surface area contributed by atoms with Gasteiger partial charge in [0.05, 0.1) is 0 Å². The molecule has 0 spiro atoms. The van der Waals surface area contributed by atoms with Gasteiger partial charge in [0.2, 0.25) is 0 Å². The summed E-state index contributed by atoms with van der Waals surface area (Å²) >= 11 is 0. The highest BCUT2D eigenvalue weighted by Gasteiger charge is 2.21. The van der Waals surface area contributed by atoms with Crippen molar-refractivity contribution >= 4 is 0 Å². The number of nitrogens with one attached hydrogen (secondary N) is 1. The summed E-state index contributed by atoms with van der Waals surface area (Å²) in [5.41, 5.74) is 5.92. The number of likely N-dealkylation sites (tertiary alicyclic amines) is 1. The molecule has 1 saturated heterocycles. The molecule has 3 N–H and O–H groups in total. The average molecular weight is 225 g/mol. The summed E-state index contributed by atoms with van der Waals surface area (Å²) in [7, 11) is 0. The lowest BCUT2D eigenvalue weighted by molar-refractivity contribution is 0.260. The van der Waals surface area contributed by atoms with Crippen LogP contribution in [0.5, 0.6) is 0 Å². The third kappa shape index (κ3) is 3.72. The maximum Gasteiger partial charge on any atom is 0.0169 e. The van der Waals surface area contributed by atoms with E-state index in [9.17, 15) is 0 Å². The van der Waals surface area contributed by atoms with Crippen molar-refractivity contribution in [2.24, 2.45) is 5.73 Å². The van der Waals surface area contributed by atoms with E-state index >= 15 is 0 Å². The molecular formula is C13H27N3. The Hall–Kier alpha value is -0.120. The molecule has 0 amide bonds. The molecule has 1 atom stereocenters. The summed E-state index contributed by atoms with van der Waals surface area (Å²) in [6, 6.07) is 1.82. The molecule has 1 heterocycles. The van der Waals surface area contributed by atoms with Gasteiger partial charge in [0.25, 0.3) is 0 Å². The molecular weight excluding hydrogens is 198 g/mol. The van der Waals surface area contributed by atoms with E-state index in [-0.39, 0.29) is 0 Å². The van der Waals surface area contributed by atoms with Crippen LogP contribution in [0.15, 0.2) is 0 Å². The van der Waals surface area contributed by atoms with Gasteiger partial charge in [-0.3, -0.25) is 0 Å². The summed E-state index contributed by atoms with van der Waals surface area (Å²) < 4.78 is 0. The van der Waals surface area contributed by atoms with Crippen LogP contribution in [0.25, 0.3) is 0 Å². The Kier molecular flexibility index (Phi) is 4.62. The molecule has 1 unspecified atom stereocenters. The van der Waals surface area contributed by atoms with E-state index in [1.165, 1.54) is 58.2 Å². The van der Waals surface area contributed by atoms with Gasteiger partial charge in [-0.1, -0.05) is 0 Å². The second kappa shape index (κ2) is 5.99. The van der Waals surface area contributed by atoms with Crippen molar-refractivity contribution in [3.8, 4) is 0 Å². The zero-order valence-corrected chi connectivity index (χ0v) is 10.6.